The fourth-order valence-electron chi connectivity index (χ4n) is 4.36. The Morgan fingerprint density at radius 2 is 1.94 bits per heavy atom. The maximum Gasteiger partial charge on any atom is 0.252 e. The molecule has 9 heteroatoms. The van der Waals surface area contributed by atoms with E-state index in [9.17, 15) is 13.2 Å². The number of thiophene rings is 1. The van der Waals surface area contributed by atoms with E-state index >= 15 is 0 Å². The van der Waals surface area contributed by atoms with Gasteiger partial charge in [0, 0.05) is 32.6 Å². The van der Waals surface area contributed by atoms with Gasteiger partial charge in [0.2, 0.25) is 5.91 Å². The second-order valence-corrected chi connectivity index (χ2v) is 11.2. The number of carbonyl (C=O) groups excluding carboxylic acids is 1. The molecule has 2 aromatic rings. The van der Waals surface area contributed by atoms with Gasteiger partial charge in [0.1, 0.15) is 16.1 Å². The molecule has 2 aliphatic heterocycles. The van der Waals surface area contributed by atoms with Crippen LogP contribution < -0.4 is 9.64 Å². The predicted molar refractivity (Wildman–Crippen MR) is 122 cm³/mol. The number of anilines is 1. The SMILES string of the molecule is CCN1C[C@H](CN(C)C(=O)C2CCN(S(=O)(=O)c3cccs3)CC2)Oc2ccccc21. The van der Waals surface area contributed by atoms with E-state index in [1.807, 2.05) is 25.2 Å². The molecule has 1 aromatic heterocycles. The van der Waals surface area contributed by atoms with Gasteiger partial charge < -0.3 is 14.5 Å². The number of piperidine rings is 1. The number of hydrogen-bond acceptors (Lipinski definition) is 6. The third kappa shape index (κ3) is 4.58. The van der Waals surface area contributed by atoms with Crippen molar-refractivity contribution >= 4 is 33.0 Å². The molecule has 1 amide bonds. The highest BCUT2D eigenvalue weighted by atomic mass is 32.2. The number of rotatable bonds is 6. The Labute approximate surface area is 188 Å². The molecular weight excluding hydrogens is 434 g/mol. The number of ether oxygens (including phenoxy) is 1. The van der Waals surface area contributed by atoms with Gasteiger partial charge in [-0.3, -0.25) is 4.79 Å². The van der Waals surface area contributed by atoms with Crippen LogP contribution in [0.1, 0.15) is 19.8 Å². The van der Waals surface area contributed by atoms with E-state index in [1.165, 1.54) is 15.6 Å². The van der Waals surface area contributed by atoms with Crippen molar-refractivity contribution in [1.29, 1.82) is 0 Å². The quantitative estimate of drug-likeness (QED) is 0.659. The highest BCUT2D eigenvalue weighted by Gasteiger charge is 2.34. The number of sulfonamides is 1. The highest BCUT2D eigenvalue weighted by Crippen LogP contribution is 2.33. The molecule has 31 heavy (non-hydrogen) atoms. The van der Waals surface area contributed by atoms with Crippen molar-refractivity contribution in [1.82, 2.24) is 9.21 Å². The van der Waals surface area contributed by atoms with Gasteiger partial charge in [-0.25, -0.2) is 8.42 Å². The van der Waals surface area contributed by atoms with Crippen LogP contribution in [0, 0.1) is 5.92 Å². The number of fused-ring (bicyclic) bond motifs is 1. The van der Waals surface area contributed by atoms with Crippen molar-refractivity contribution < 1.29 is 17.9 Å². The third-order valence-electron chi connectivity index (χ3n) is 6.05. The van der Waals surface area contributed by atoms with Crippen molar-refractivity contribution in [3.05, 3.63) is 41.8 Å². The van der Waals surface area contributed by atoms with E-state index in [4.69, 9.17) is 4.74 Å². The largest absolute Gasteiger partial charge is 0.485 e. The molecule has 1 atom stereocenters. The third-order valence-corrected chi connectivity index (χ3v) is 9.32. The zero-order valence-corrected chi connectivity index (χ0v) is 19.6. The van der Waals surface area contributed by atoms with Crippen molar-refractivity contribution in [3.63, 3.8) is 0 Å². The summed E-state index contributed by atoms with van der Waals surface area (Å²) in [5.41, 5.74) is 1.09. The lowest BCUT2D eigenvalue weighted by Crippen LogP contribution is -2.49. The minimum atomic E-state index is -3.45. The van der Waals surface area contributed by atoms with Crippen molar-refractivity contribution in [2.75, 3.05) is 44.7 Å². The zero-order valence-electron chi connectivity index (χ0n) is 17.9. The van der Waals surface area contributed by atoms with Gasteiger partial charge in [0.15, 0.2) is 0 Å². The first-order chi connectivity index (χ1) is 14.9. The summed E-state index contributed by atoms with van der Waals surface area (Å²) >= 11 is 1.23. The lowest BCUT2D eigenvalue weighted by Gasteiger charge is -2.38. The van der Waals surface area contributed by atoms with E-state index < -0.39 is 10.0 Å². The number of benzene rings is 1. The molecule has 0 N–H and O–H groups in total. The summed E-state index contributed by atoms with van der Waals surface area (Å²) in [5, 5.41) is 1.77. The van der Waals surface area contributed by atoms with Crippen LogP contribution in [0.5, 0.6) is 5.75 Å². The highest BCUT2D eigenvalue weighted by molar-refractivity contribution is 7.91. The van der Waals surface area contributed by atoms with Gasteiger partial charge in [0.05, 0.1) is 18.8 Å². The average Bonchev–Trinajstić information content (AvgIpc) is 3.34. The van der Waals surface area contributed by atoms with Crippen LogP contribution in [0.15, 0.2) is 46.0 Å². The molecule has 7 nitrogen and oxygen atoms in total. The Hall–Kier alpha value is -2.10. The van der Waals surface area contributed by atoms with Gasteiger partial charge in [-0.2, -0.15) is 4.31 Å². The molecule has 0 unspecified atom stereocenters. The van der Waals surface area contributed by atoms with E-state index in [-0.39, 0.29) is 17.9 Å². The van der Waals surface area contributed by atoms with E-state index in [2.05, 4.69) is 17.9 Å². The van der Waals surface area contributed by atoms with Gasteiger partial charge >= 0.3 is 0 Å². The van der Waals surface area contributed by atoms with Crippen LogP contribution in [0.3, 0.4) is 0 Å². The molecule has 4 rings (SSSR count). The molecule has 0 radical (unpaired) electrons. The first kappa shape index (κ1) is 22.1. The molecule has 1 saturated heterocycles. The normalized spacial score (nSPS) is 20.2. The minimum Gasteiger partial charge on any atom is -0.485 e. The van der Waals surface area contributed by atoms with Crippen molar-refractivity contribution in [3.8, 4) is 5.75 Å². The molecule has 0 saturated carbocycles. The van der Waals surface area contributed by atoms with Crippen LogP contribution in [0.2, 0.25) is 0 Å². The molecule has 1 fully saturated rings. The Kier molecular flexibility index (Phi) is 6.55. The summed E-state index contributed by atoms with van der Waals surface area (Å²) in [6, 6.07) is 11.4. The molecule has 0 spiro atoms. The van der Waals surface area contributed by atoms with Crippen LogP contribution in [0.25, 0.3) is 0 Å². The molecule has 0 bridgehead atoms. The molecular formula is C22H29N3O4S2. The van der Waals surface area contributed by atoms with Crippen molar-refractivity contribution in [2.24, 2.45) is 5.92 Å². The maximum atomic E-state index is 13.0. The van der Waals surface area contributed by atoms with Gasteiger partial charge in [-0.1, -0.05) is 18.2 Å². The van der Waals surface area contributed by atoms with E-state index in [1.54, 1.807) is 22.4 Å². The molecule has 1 aromatic carbocycles. The first-order valence-corrected chi connectivity index (χ1v) is 13.0. The van der Waals surface area contributed by atoms with E-state index in [0.29, 0.717) is 36.7 Å². The minimum absolute atomic E-state index is 0.0682. The lowest BCUT2D eigenvalue weighted by atomic mass is 9.96. The number of para-hydroxylation sites is 2. The fraction of sp³-hybridized carbons (Fsp3) is 0.500. The van der Waals surface area contributed by atoms with Crippen LogP contribution in [-0.4, -0.2) is 69.4 Å². The smallest absolute Gasteiger partial charge is 0.252 e. The number of carbonyl (C=O) groups is 1. The van der Waals surface area contributed by atoms with Gasteiger partial charge in [0.25, 0.3) is 10.0 Å². The number of likely N-dealkylation sites (N-methyl/N-ethyl adjacent to an activating group) is 2. The maximum absolute atomic E-state index is 13.0. The summed E-state index contributed by atoms with van der Waals surface area (Å²) in [5.74, 6) is 0.769. The lowest BCUT2D eigenvalue weighted by molar-refractivity contribution is -0.136. The molecule has 168 valence electrons. The standard InChI is InChI=1S/C22H29N3O4S2/c1-3-24-16-18(29-20-8-5-4-7-19(20)24)15-23(2)22(26)17-10-12-25(13-11-17)31(27,28)21-9-6-14-30-21/h4-9,14,17-18H,3,10-13,15-16H2,1-2H3/t18-/m0/s1. The number of amides is 1. The van der Waals surface area contributed by atoms with E-state index in [0.717, 1.165) is 24.5 Å². The molecule has 3 heterocycles. The average molecular weight is 464 g/mol. The summed E-state index contributed by atoms with van der Waals surface area (Å²) in [7, 11) is -1.63. The number of hydrogen-bond donors (Lipinski definition) is 0. The Balaban J connectivity index is 1.33. The van der Waals surface area contributed by atoms with Gasteiger partial charge in [-0.05, 0) is 43.3 Å². The summed E-state index contributed by atoms with van der Waals surface area (Å²) in [6.45, 7) is 5.00. The second kappa shape index (κ2) is 9.18. The predicted octanol–water partition coefficient (Wildman–Crippen LogP) is 2.89. The van der Waals surface area contributed by atoms with Crippen LogP contribution in [0.4, 0.5) is 5.69 Å². The Bertz CT molecular complexity index is 1000. The number of nitrogens with zero attached hydrogens (tertiary/aromatic N) is 3. The molecule has 0 aliphatic carbocycles. The summed E-state index contributed by atoms with van der Waals surface area (Å²) < 4.78 is 33.4. The zero-order chi connectivity index (χ0) is 22.0. The van der Waals surface area contributed by atoms with Crippen LogP contribution in [-0.2, 0) is 14.8 Å². The van der Waals surface area contributed by atoms with Crippen molar-refractivity contribution in [2.45, 2.75) is 30.1 Å². The summed E-state index contributed by atoms with van der Waals surface area (Å²) in [6.07, 6.45) is 0.995. The van der Waals surface area contributed by atoms with Gasteiger partial charge in [-0.15, -0.1) is 11.3 Å². The molecule has 2 aliphatic rings. The second-order valence-electron chi connectivity index (χ2n) is 8.08. The Morgan fingerprint density at radius 3 is 2.61 bits per heavy atom. The van der Waals surface area contributed by atoms with Crippen LogP contribution >= 0.6 is 11.3 Å². The topological polar surface area (TPSA) is 70.2 Å². The monoisotopic (exact) mass is 463 g/mol. The first-order valence-electron chi connectivity index (χ1n) is 10.7. The summed E-state index contributed by atoms with van der Waals surface area (Å²) in [4.78, 5) is 17.1. The fourth-order valence-corrected chi connectivity index (χ4v) is 6.98. The Morgan fingerprint density at radius 1 is 1.19 bits per heavy atom.